The summed E-state index contributed by atoms with van der Waals surface area (Å²) in [5.74, 6) is -0.599. The number of amides is 1. The number of carbonyl (C=O) groups excluding carboxylic acids is 1. The van der Waals surface area contributed by atoms with Gasteiger partial charge in [0.05, 0.1) is 32.2 Å². The Kier molecular flexibility index (Phi) is 4.97. The Hall–Kier alpha value is -2.58. The van der Waals surface area contributed by atoms with E-state index in [4.69, 9.17) is 9.47 Å². The molecule has 2 aromatic rings. The van der Waals surface area contributed by atoms with E-state index in [2.05, 4.69) is 20.6 Å². The first-order valence-corrected chi connectivity index (χ1v) is 7.46. The number of halogens is 1. The van der Waals surface area contributed by atoms with Crippen molar-refractivity contribution in [2.45, 2.75) is 6.10 Å². The number of ether oxygens (including phenoxy) is 2. The molecule has 2 N–H and O–H groups in total. The zero-order chi connectivity index (χ0) is 16.9. The van der Waals surface area contributed by atoms with Gasteiger partial charge >= 0.3 is 0 Å². The van der Waals surface area contributed by atoms with Gasteiger partial charge in [-0.1, -0.05) is 6.07 Å². The van der Waals surface area contributed by atoms with Crippen LogP contribution in [-0.4, -0.2) is 42.7 Å². The SMILES string of the molecule is COc1cnc(C(=O)Nc2ccc(C3CNCCO3)c(F)c2)cn1. The number of hydrogen-bond acceptors (Lipinski definition) is 6. The van der Waals surface area contributed by atoms with Crippen LogP contribution in [0.25, 0.3) is 0 Å². The number of rotatable bonds is 4. The van der Waals surface area contributed by atoms with Crippen LogP contribution in [0.2, 0.25) is 0 Å². The number of carbonyl (C=O) groups is 1. The number of hydrogen-bond donors (Lipinski definition) is 2. The van der Waals surface area contributed by atoms with Crippen molar-refractivity contribution in [2.75, 3.05) is 32.1 Å². The number of anilines is 1. The highest BCUT2D eigenvalue weighted by Crippen LogP contribution is 2.24. The first-order valence-electron chi connectivity index (χ1n) is 7.46. The highest BCUT2D eigenvalue weighted by molar-refractivity contribution is 6.02. The van der Waals surface area contributed by atoms with Crippen LogP contribution in [0.1, 0.15) is 22.2 Å². The van der Waals surface area contributed by atoms with E-state index in [9.17, 15) is 9.18 Å². The summed E-state index contributed by atoms with van der Waals surface area (Å²) in [6.07, 6.45) is 2.31. The Labute approximate surface area is 138 Å². The fraction of sp³-hybridized carbons (Fsp3) is 0.312. The zero-order valence-electron chi connectivity index (χ0n) is 13.1. The number of morpholine rings is 1. The Morgan fingerprint density at radius 3 is 2.92 bits per heavy atom. The van der Waals surface area contributed by atoms with E-state index in [0.717, 1.165) is 6.54 Å². The molecule has 1 aromatic heterocycles. The van der Waals surface area contributed by atoms with Crippen LogP contribution in [-0.2, 0) is 4.74 Å². The Morgan fingerprint density at radius 1 is 1.42 bits per heavy atom. The lowest BCUT2D eigenvalue weighted by Crippen LogP contribution is -2.33. The molecule has 3 rings (SSSR count). The van der Waals surface area contributed by atoms with E-state index in [1.807, 2.05) is 0 Å². The average Bonchev–Trinajstić information content (AvgIpc) is 2.62. The third-order valence-corrected chi connectivity index (χ3v) is 3.60. The number of nitrogens with zero attached hydrogens (tertiary/aromatic N) is 2. The molecule has 24 heavy (non-hydrogen) atoms. The van der Waals surface area contributed by atoms with E-state index in [-0.39, 0.29) is 11.8 Å². The maximum atomic E-state index is 14.3. The first kappa shape index (κ1) is 16.3. The van der Waals surface area contributed by atoms with Crippen LogP contribution in [0, 0.1) is 5.82 Å². The molecular weight excluding hydrogens is 315 g/mol. The Bertz CT molecular complexity index is 718. The lowest BCUT2D eigenvalue weighted by molar-refractivity contribution is 0.0255. The van der Waals surface area contributed by atoms with Gasteiger partial charge in [0, 0.05) is 24.3 Å². The van der Waals surface area contributed by atoms with Gasteiger partial charge in [-0.25, -0.2) is 14.4 Å². The molecule has 0 spiro atoms. The van der Waals surface area contributed by atoms with Crippen molar-refractivity contribution < 1.29 is 18.7 Å². The molecular formula is C16H17FN4O3. The highest BCUT2D eigenvalue weighted by atomic mass is 19.1. The fourth-order valence-electron chi connectivity index (χ4n) is 2.37. The van der Waals surface area contributed by atoms with Crippen LogP contribution >= 0.6 is 0 Å². The number of benzene rings is 1. The van der Waals surface area contributed by atoms with Gasteiger partial charge in [-0.05, 0) is 12.1 Å². The molecule has 1 saturated heterocycles. The molecule has 1 amide bonds. The fourth-order valence-corrected chi connectivity index (χ4v) is 2.37. The molecule has 1 aromatic carbocycles. The molecule has 1 aliphatic rings. The minimum atomic E-state index is -0.479. The molecule has 0 bridgehead atoms. The Balaban J connectivity index is 1.70. The van der Waals surface area contributed by atoms with Gasteiger partial charge in [0.1, 0.15) is 11.5 Å². The molecule has 2 heterocycles. The summed E-state index contributed by atoms with van der Waals surface area (Å²) in [5, 5.41) is 5.74. The molecule has 1 unspecified atom stereocenters. The van der Waals surface area contributed by atoms with Gasteiger partial charge in [0.25, 0.3) is 5.91 Å². The molecule has 8 heteroatoms. The number of nitrogens with one attached hydrogen (secondary N) is 2. The van der Waals surface area contributed by atoms with Gasteiger partial charge < -0.3 is 20.1 Å². The lowest BCUT2D eigenvalue weighted by Gasteiger charge is -2.24. The predicted molar refractivity (Wildman–Crippen MR) is 84.5 cm³/mol. The second-order valence-corrected chi connectivity index (χ2v) is 5.20. The maximum Gasteiger partial charge on any atom is 0.275 e. The van der Waals surface area contributed by atoms with Crippen molar-refractivity contribution >= 4 is 11.6 Å². The second kappa shape index (κ2) is 7.33. The molecule has 126 valence electrons. The molecule has 0 saturated carbocycles. The minimum absolute atomic E-state index is 0.111. The largest absolute Gasteiger partial charge is 0.480 e. The van der Waals surface area contributed by atoms with Crippen molar-refractivity contribution in [2.24, 2.45) is 0 Å². The summed E-state index contributed by atoms with van der Waals surface area (Å²) >= 11 is 0. The van der Waals surface area contributed by atoms with Gasteiger partial charge in [-0.3, -0.25) is 4.79 Å². The van der Waals surface area contributed by atoms with E-state index in [1.165, 1.54) is 25.6 Å². The van der Waals surface area contributed by atoms with Crippen LogP contribution in [0.5, 0.6) is 5.88 Å². The summed E-state index contributed by atoms with van der Waals surface area (Å²) in [4.78, 5) is 19.9. The third kappa shape index (κ3) is 3.66. The first-order chi connectivity index (χ1) is 11.7. The molecule has 1 atom stereocenters. The maximum absolute atomic E-state index is 14.3. The summed E-state index contributed by atoms with van der Waals surface area (Å²) < 4.78 is 24.7. The van der Waals surface area contributed by atoms with Crippen molar-refractivity contribution in [1.29, 1.82) is 0 Å². The van der Waals surface area contributed by atoms with Crippen molar-refractivity contribution in [1.82, 2.24) is 15.3 Å². The third-order valence-electron chi connectivity index (χ3n) is 3.60. The monoisotopic (exact) mass is 332 g/mol. The van der Waals surface area contributed by atoms with Gasteiger partial charge in [0.15, 0.2) is 0 Å². The smallest absolute Gasteiger partial charge is 0.275 e. The molecule has 1 aliphatic heterocycles. The predicted octanol–water partition coefficient (Wildman–Crippen LogP) is 1.54. The lowest BCUT2D eigenvalue weighted by atomic mass is 10.1. The Morgan fingerprint density at radius 2 is 2.29 bits per heavy atom. The average molecular weight is 332 g/mol. The zero-order valence-corrected chi connectivity index (χ0v) is 13.1. The van der Waals surface area contributed by atoms with Crippen molar-refractivity contribution in [3.8, 4) is 5.88 Å². The normalized spacial score (nSPS) is 17.3. The summed E-state index contributed by atoms with van der Waals surface area (Å²) in [5.41, 5.74) is 0.909. The summed E-state index contributed by atoms with van der Waals surface area (Å²) in [6, 6.07) is 4.51. The van der Waals surface area contributed by atoms with Crippen LogP contribution in [0.4, 0.5) is 10.1 Å². The highest BCUT2D eigenvalue weighted by Gasteiger charge is 2.20. The molecule has 0 radical (unpaired) electrons. The van der Waals surface area contributed by atoms with Crippen molar-refractivity contribution in [3.63, 3.8) is 0 Å². The number of aromatic nitrogens is 2. The molecule has 0 aliphatic carbocycles. The van der Waals surface area contributed by atoms with Gasteiger partial charge in [-0.15, -0.1) is 0 Å². The van der Waals surface area contributed by atoms with Crippen LogP contribution in [0.15, 0.2) is 30.6 Å². The van der Waals surface area contributed by atoms with Gasteiger partial charge in [0.2, 0.25) is 5.88 Å². The van der Waals surface area contributed by atoms with E-state index >= 15 is 0 Å². The van der Waals surface area contributed by atoms with E-state index < -0.39 is 11.7 Å². The van der Waals surface area contributed by atoms with Gasteiger partial charge in [-0.2, -0.15) is 0 Å². The standard InChI is InChI=1S/C16H17FN4O3/c1-23-15-9-19-13(7-20-15)16(22)21-10-2-3-11(12(17)6-10)14-8-18-4-5-24-14/h2-3,6-7,9,14,18H,4-5,8H2,1H3,(H,21,22). The summed E-state index contributed by atoms with van der Waals surface area (Å²) in [6.45, 7) is 1.86. The topological polar surface area (TPSA) is 85.4 Å². The van der Waals surface area contributed by atoms with Crippen molar-refractivity contribution in [3.05, 3.63) is 47.7 Å². The van der Waals surface area contributed by atoms with E-state index in [0.29, 0.717) is 30.3 Å². The molecule has 7 nitrogen and oxygen atoms in total. The number of methoxy groups -OCH3 is 1. The van der Waals surface area contributed by atoms with Crippen LogP contribution in [0.3, 0.4) is 0 Å². The van der Waals surface area contributed by atoms with E-state index in [1.54, 1.807) is 12.1 Å². The minimum Gasteiger partial charge on any atom is -0.480 e. The van der Waals surface area contributed by atoms with Crippen LogP contribution < -0.4 is 15.4 Å². The quantitative estimate of drug-likeness (QED) is 0.883. The summed E-state index contributed by atoms with van der Waals surface area (Å²) in [7, 11) is 1.46. The molecule has 1 fully saturated rings. The second-order valence-electron chi connectivity index (χ2n) is 5.20.